The van der Waals surface area contributed by atoms with Crippen LogP contribution in [0.4, 0.5) is 0 Å². The normalized spacial score (nSPS) is 12.8. The van der Waals surface area contributed by atoms with Gasteiger partial charge in [0.05, 0.1) is 11.0 Å². The lowest BCUT2D eigenvalue weighted by atomic mass is 9.51. The zero-order chi connectivity index (χ0) is 34.6. The van der Waals surface area contributed by atoms with E-state index in [1.165, 1.54) is 21.8 Å². The van der Waals surface area contributed by atoms with Gasteiger partial charge in [-0.05, 0) is 94.5 Å². The monoisotopic (exact) mass is 677 g/mol. The maximum atomic E-state index is 6.84. The van der Waals surface area contributed by atoms with Gasteiger partial charge in [-0.3, -0.25) is 0 Å². The summed E-state index contributed by atoms with van der Waals surface area (Å²) in [6.45, 7) is -0.262. The molecule has 0 saturated carbocycles. The predicted molar refractivity (Wildman–Crippen MR) is 217 cm³/mol. The summed E-state index contributed by atoms with van der Waals surface area (Å²) in [5.41, 5.74) is 14.1. The quantitative estimate of drug-likeness (QED) is 0.175. The minimum Gasteiger partial charge on any atom is -0.551 e. The molecule has 0 fully saturated rings. The number of nitrogens with zero attached hydrogens (tertiary/aromatic N) is 1. The molecule has 53 heavy (non-hydrogen) atoms. The number of aromatic nitrogens is 1. The third-order valence-corrected chi connectivity index (χ3v) is 11.1. The second-order valence-corrected chi connectivity index (χ2v) is 14.0. The molecule has 0 N–H and O–H groups in total. The Labute approximate surface area is 305 Å². The van der Waals surface area contributed by atoms with Gasteiger partial charge < -0.3 is 18.4 Å². The van der Waals surface area contributed by atoms with E-state index in [0.29, 0.717) is 0 Å². The zero-order valence-corrected chi connectivity index (χ0v) is 28.4. The van der Waals surface area contributed by atoms with E-state index in [-0.39, 0.29) is 6.92 Å². The molecule has 0 radical (unpaired) electrons. The average molecular weight is 678 g/mol. The van der Waals surface area contributed by atoms with Crippen LogP contribution in [0.3, 0.4) is 0 Å². The highest BCUT2D eigenvalue weighted by Gasteiger charge is 2.40. The van der Waals surface area contributed by atoms with E-state index < -0.39 is 0 Å². The van der Waals surface area contributed by atoms with Gasteiger partial charge in [-0.15, -0.1) is 0 Å². The van der Waals surface area contributed by atoms with Gasteiger partial charge in [0.15, 0.2) is 0 Å². The fraction of sp³-hybridized carbons (Fsp3) is 0. The standard InChI is InChI=1S/C48H28BNO3/c1-4-12-41-34(8-1)35-9-2-5-13-42(35)50(41)33-21-16-29(17-22-33)31-19-24-40-47(28-31)52-45-15-7-11-38-39-26-30(20-25-44(39)53-49(40)48(38)45)32-18-23-37-36-10-3-6-14-43(36)51-46(37)27-32/h1-28H. The number of ether oxygens (including phenoxy) is 1. The van der Waals surface area contributed by atoms with Crippen molar-refractivity contribution in [2.75, 3.05) is 0 Å². The smallest absolute Gasteiger partial charge is 0.434 e. The van der Waals surface area contributed by atoms with Crippen molar-refractivity contribution in [3.63, 3.8) is 0 Å². The van der Waals surface area contributed by atoms with Crippen LogP contribution in [0.2, 0.25) is 0 Å². The minimum absolute atomic E-state index is 0.262. The highest BCUT2D eigenvalue weighted by molar-refractivity contribution is 6.84. The van der Waals surface area contributed by atoms with E-state index in [0.717, 1.165) is 89.2 Å². The Morgan fingerprint density at radius 3 is 1.91 bits per heavy atom. The predicted octanol–water partition coefficient (Wildman–Crippen LogP) is 11.3. The zero-order valence-electron chi connectivity index (χ0n) is 28.4. The molecule has 4 heterocycles. The molecule has 2 aliphatic heterocycles. The van der Waals surface area contributed by atoms with Crippen molar-refractivity contribution in [3.05, 3.63) is 170 Å². The summed E-state index contributed by atoms with van der Waals surface area (Å²) in [4.78, 5) is 0. The third kappa shape index (κ3) is 4.19. The lowest BCUT2D eigenvalue weighted by Crippen LogP contribution is -2.53. The first kappa shape index (κ1) is 28.7. The molecule has 0 unspecified atom stereocenters. The van der Waals surface area contributed by atoms with Crippen LogP contribution in [0.5, 0.6) is 17.2 Å². The molecule has 2 aliphatic rings. The van der Waals surface area contributed by atoms with Crippen LogP contribution in [-0.2, 0) is 0 Å². The number of para-hydroxylation sites is 3. The largest absolute Gasteiger partial charge is 0.551 e. The van der Waals surface area contributed by atoms with Crippen molar-refractivity contribution in [1.82, 2.24) is 4.57 Å². The Kier molecular flexibility index (Phi) is 5.83. The minimum atomic E-state index is -0.262. The topological polar surface area (TPSA) is 36.5 Å². The third-order valence-electron chi connectivity index (χ3n) is 11.1. The van der Waals surface area contributed by atoms with E-state index in [1.54, 1.807) is 0 Å². The van der Waals surface area contributed by atoms with Crippen molar-refractivity contribution in [1.29, 1.82) is 0 Å². The molecule has 0 spiro atoms. The maximum absolute atomic E-state index is 6.84. The molecule has 5 heteroatoms. The van der Waals surface area contributed by atoms with Crippen molar-refractivity contribution in [2.24, 2.45) is 0 Å². The van der Waals surface area contributed by atoms with Crippen LogP contribution in [0.1, 0.15) is 0 Å². The fourth-order valence-electron chi connectivity index (χ4n) is 8.61. The van der Waals surface area contributed by atoms with Gasteiger partial charge >= 0.3 is 6.92 Å². The Bertz CT molecular complexity index is 3080. The Balaban J connectivity index is 0.888. The number of benzene rings is 8. The molecule has 0 saturated heterocycles. The fourth-order valence-corrected chi connectivity index (χ4v) is 8.61. The molecule has 0 amide bonds. The van der Waals surface area contributed by atoms with Gasteiger partial charge in [0.25, 0.3) is 0 Å². The Hall–Kier alpha value is -6.98. The molecule has 2 aromatic heterocycles. The molecule has 0 bridgehead atoms. The maximum Gasteiger partial charge on any atom is 0.434 e. The van der Waals surface area contributed by atoms with Gasteiger partial charge in [0, 0.05) is 43.7 Å². The van der Waals surface area contributed by atoms with Crippen LogP contribution in [-0.4, -0.2) is 11.5 Å². The number of hydrogen-bond donors (Lipinski definition) is 0. The van der Waals surface area contributed by atoms with E-state index in [2.05, 4.69) is 162 Å². The first-order chi connectivity index (χ1) is 26.2. The average Bonchev–Trinajstić information content (AvgIpc) is 3.76. The van der Waals surface area contributed by atoms with Gasteiger partial charge in [0.2, 0.25) is 0 Å². The highest BCUT2D eigenvalue weighted by atomic mass is 16.5. The Morgan fingerprint density at radius 1 is 0.415 bits per heavy atom. The van der Waals surface area contributed by atoms with Crippen LogP contribution >= 0.6 is 0 Å². The number of hydrogen-bond acceptors (Lipinski definition) is 3. The van der Waals surface area contributed by atoms with Crippen molar-refractivity contribution in [3.8, 4) is 56.3 Å². The van der Waals surface area contributed by atoms with Gasteiger partial charge in [-0.2, -0.15) is 0 Å². The molecule has 0 aliphatic carbocycles. The summed E-state index contributed by atoms with van der Waals surface area (Å²) in [6, 6.07) is 60.0. The molecule has 0 atom stereocenters. The summed E-state index contributed by atoms with van der Waals surface area (Å²) < 4.78 is 22.1. The van der Waals surface area contributed by atoms with Crippen molar-refractivity contribution in [2.45, 2.75) is 0 Å². The summed E-state index contributed by atoms with van der Waals surface area (Å²) in [5, 5.41) is 4.78. The summed E-state index contributed by atoms with van der Waals surface area (Å²) >= 11 is 0. The van der Waals surface area contributed by atoms with Crippen molar-refractivity contribution < 1.29 is 13.8 Å². The van der Waals surface area contributed by atoms with E-state index in [4.69, 9.17) is 13.8 Å². The van der Waals surface area contributed by atoms with Gasteiger partial charge in [-0.1, -0.05) is 103 Å². The molecule has 8 aromatic carbocycles. The highest BCUT2D eigenvalue weighted by Crippen LogP contribution is 2.42. The summed E-state index contributed by atoms with van der Waals surface area (Å²) in [6.07, 6.45) is 0. The molecular weight excluding hydrogens is 649 g/mol. The molecule has 12 rings (SSSR count). The number of fused-ring (bicyclic) bond motifs is 10. The van der Waals surface area contributed by atoms with Crippen LogP contribution in [0.15, 0.2) is 174 Å². The number of furan rings is 1. The lowest BCUT2D eigenvalue weighted by molar-refractivity contribution is 0.479. The second kappa shape index (κ2) is 10.8. The van der Waals surface area contributed by atoms with Crippen LogP contribution in [0, 0.1) is 0 Å². The molecule has 4 nitrogen and oxygen atoms in total. The SMILES string of the molecule is c1cc2c3c(c1)-c1cc(-c4ccc5c(c4)oc4ccccc45)ccc1OB3c1ccc(-c3ccc(-n4c5ccccc5c5ccccc54)cc3)cc1O2. The summed E-state index contributed by atoms with van der Waals surface area (Å²) in [7, 11) is 0. The van der Waals surface area contributed by atoms with E-state index in [1.807, 2.05) is 12.1 Å². The first-order valence-electron chi connectivity index (χ1n) is 18.0. The first-order valence-corrected chi connectivity index (χ1v) is 18.0. The van der Waals surface area contributed by atoms with E-state index >= 15 is 0 Å². The van der Waals surface area contributed by atoms with Gasteiger partial charge in [-0.25, -0.2) is 0 Å². The molecular formula is C48H28BNO3. The second-order valence-electron chi connectivity index (χ2n) is 14.0. The Morgan fingerprint density at radius 2 is 1.08 bits per heavy atom. The molecule has 10 aromatic rings. The van der Waals surface area contributed by atoms with Gasteiger partial charge in [0.1, 0.15) is 28.4 Å². The van der Waals surface area contributed by atoms with Crippen molar-refractivity contribution >= 4 is 61.6 Å². The number of rotatable bonds is 3. The summed E-state index contributed by atoms with van der Waals surface area (Å²) in [5.74, 6) is 2.52. The van der Waals surface area contributed by atoms with Crippen LogP contribution < -0.4 is 20.3 Å². The van der Waals surface area contributed by atoms with Crippen LogP contribution in [0.25, 0.3) is 82.8 Å². The van der Waals surface area contributed by atoms with E-state index in [9.17, 15) is 0 Å². The molecule has 246 valence electrons. The lowest BCUT2D eigenvalue weighted by Gasteiger charge is -2.33.